The number of rotatable bonds is 2. The molecule has 0 fully saturated rings. The van der Waals surface area contributed by atoms with E-state index in [-0.39, 0.29) is 0 Å². The largest absolute Gasteiger partial charge is 0.375 e. The first kappa shape index (κ1) is 10.3. The smallest absolute Gasteiger partial charge is 0.180 e. The molecule has 0 saturated carbocycles. The van der Waals surface area contributed by atoms with Gasteiger partial charge >= 0.3 is 0 Å². The summed E-state index contributed by atoms with van der Waals surface area (Å²) in [6, 6.07) is 2.24. The molecule has 84 valence electrons. The van der Waals surface area contributed by atoms with Gasteiger partial charge in [-0.25, -0.2) is 4.98 Å². The molecule has 1 aliphatic heterocycles. The number of thiophene rings is 1. The summed E-state index contributed by atoms with van der Waals surface area (Å²) < 4.78 is 0. The Morgan fingerprint density at radius 2 is 2.38 bits per heavy atom. The van der Waals surface area contributed by atoms with Gasteiger partial charge in [0.2, 0.25) is 0 Å². The van der Waals surface area contributed by atoms with Crippen molar-refractivity contribution in [1.29, 1.82) is 0 Å². The summed E-state index contributed by atoms with van der Waals surface area (Å²) in [4.78, 5) is 8.29. The predicted octanol–water partition coefficient (Wildman–Crippen LogP) is 2.35. The van der Waals surface area contributed by atoms with Crippen LogP contribution in [0, 0.1) is 0 Å². The molecule has 0 bridgehead atoms. The minimum Gasteiger partial charge on any atom is -0.375 e. The standard InChI is InChI=1S/C11H13N3S2/c12-11-13-9(7-16-11)6-14-3-1-10-8(5-14)2-4-15-10/h2,4,7H,1,3,5-6H2,(H2,12,13). The fourth-order valence-electron chi connectivity index (χ4n) is 2.07. The Balaban J connectivity index is 1.70. The molecule has 3 rings (SSSR count). The number of aromatic nitrogens is 1. The van der Waals surface area contributed by atoms with Crippen molar-refractivity contribution in [3.63, 3.8) is 0 Å². The third-order valence-electron chi connectivity index (χ3n) is 2.84. The highest BCUT2D eigenvalue weighted by Crippen LogP contribution is 2.25. The number of hydrogen-bond acceptors (Lipinski definition) is 5. The van der Waals surface area contributed by atoms with Crippen LogP contribution < -0.4 is 5.73 Å². The van der Waals surface area contributed by atoms with Gasteiger partial charge in [-0.05, 0) is 23.4 Å². The molecular formula is C11H13N3S2. The van der Waals surface area contributed by atoms with Gasteiger partial charge < -0.3 is 5.73 Å². The SMILES string of the molecule is Nc1nc(CN2CCc3sccc3C2)cs1. The van der Waals surface area contributed by atoms with Crippen LogP contribution in [0.4, 0.5) is 5.13 Å². The highest BCUT2D eigenvalue weighted by Gasteiger charge is 2.17. The van der Waals surface area contributed by atoms with Crippen molar-refractivity contribution in [2.24, 2.45) is 0 Å². The molecule has 2 N–H and O–H groups in total. The van der Waals surface area contributed by atoms with Gasteiger partial charge in [-0.2, -0.15) is 0 Å². The second-order valence-corrected chi connectivity index (χ2v) is 5.90. The number of fused-ring (bicyclic) bond motifs is 1. The number of nitrogens with two attached hydrogens (primary N) is 1. The summed E-state index contributed by atoms with van der Waals surface area (Å²) in [6.45, 7) is 3.10. The first-order valence-corrected chi connectivity index (χ1v) is 7.04. The van der Waals surface area contributed by atoms with Crippen LogP contribution in [0.15, 0.2) is 16.8 Å². The molecule has 0 aromatic carbocycles. The summed E-state index contributed by atoms with van der Waals surface area (Å²) in [7, 11) is 0. The monoisotopic (exact) mass is 251 g/mol. The summed E-state index contributed by atoms with van der Waals surface area (Å²) in [6.07, 6.45) is 1.17. The van der Waals surface area contributed by atoms with Gasteiger partial charge in [0.25, 0.3) is 0 Å². The molecule has 2 aromatic heterocycles. The topological polar surface area (TPSA) is 42.1 Å². The highest BCUT2D eigenvalue weighted by molar-refractivity contribution is 7.13. The van der Waals surface area contributed by atoms with E-state index in [0.29, 0.717) is 5.13 Å². The second-order valence-electron chi connectivity index (χ2n) is 4.01. The Hall–Kier alpha value is -0.910. The van der Waals surface area contributed by atoms with E-state index in [1.807, 2.05) is 11.3 Å². The minimum absolute atomic E-state index is 0.670. The van der Waals surface area contributed by atoms with Crippen LogP contribution in [0.5, 0.6) is 0 Å². The van der Waals surface area contributed by atoms with Gasteiger partial charge in [0.05, 0.1) is 5.69 Å². The summed E-state index contributed by atoms with van der Waals surface area (Å²) >= 11 is 3.40. The van der Waals surface area contributed by atoms with Gasteiger partial charge in [-0.1, -0.05) is 0 Å². The Bertz CT molecular complexity index is 489. The molecule has 2 aromatic rings. The minimum atomic E-state index is 0.670. The van der Waals surface area contributed by atoms with Crippen LogP contribution in [-0.2, 0) is 19.5 Å². The van der Waals surface area contributed by atoms with Gasteiger partial charge in [0.15, 0.2) is 5.13 Å². The lowest BCUT2D eigenvalue weighted by molar-refractivity contribution is 0.245. The predicted molar refractivity (Wildman–Crippen MR) is 68.7 cm³/mol. The van der Waals surface area contributed by atoms with Crippen LogP contribution in [0.25, 0.3) is 0 Å². The first-order chi connectivity index (χ1) is 7.81. The molecule has 0 unspecified atom stereocenters. The maximum absolute atomic E-state index is 5.63. The van der Waals surface area contributed by atoms with Crippen molar-refractivity contribution < 1.29 is 0 Å². The Labute approximate surface area is 103 Å². The van der Waals surface area contributed by atoms with Crippen molar-refractivity contribution in [2.45, 2.75) is 19.5 Å². The highest BCUT2D eigenvalue weighted by atomic mass is 32.1. The number of nitrogens with zero attached hydrogens (tertiary/aromatic N) is 2. The van der Waals surface area contributed by atoms with E-state index in [9.17, 15) is 0 Å². The number of thiazole rings is 1. The Morgan fingerprint density at radius 1 is 1.44 bits per heavy atom. The number of hydrogen-bond donors (Lipinski definition) is 1. The van der Waals surface area contributed by atoms with Gasteiger partial charge in [-0.15, -0.1) is 22.7 Å². The van der Waals surface area contributed by atoms with Crippen molar-refractivity contribution in [3.05, 3.63) is 33.0 Å². The second kappa shape index (κ2) is 4.16. The van der Waals surface area contributed by atoms with E-state index in [1.165, 1.54) is 23.3 Å². The number of anilines is 1. The van der Waals surface area contributed by atoms with Crippen LogP contribution in [0.3, 0.4) is 0 Å². The Kier molecular flexibility index (Phi) is 2.67. The molecule has 3 heterocycles. The van der Waals surface area contributed by atoms with Crippen LogP contribution in [-0.4, -0.2) is 16.4 Å². The molecule has 0 saturated heterocycles. The zero-order valence-corrected chi connectivity index (χ0v) is 10.5. The third kappa shape index (κ3) is 1.98. The fourth-order valence-corrected chi connectivity index (χ4v) is 3.51. The van der Waals surface area contributed by atoms with Crippen molar-refractivity contribution in [2.75, 3.05) is 12.3 Å². The van der Waals surface area contributed by atoms with Crippen LogP contribution in [0.1, 0.15) is 16.1 Å². The van der Waals surface area contributed by atoms with Crippen molar-refractivity contribution >= 4 is 27.8 Å². The maximum atomic E-state index is 5.63. The van der Waals surface area contributed by atoms with Gasteiger partial charge in [-0.3, -0.25) is 4.90 Å². The molecule has 0 radical (unpaired) electrons. The molecule has 1 aliphatic rings. The molecule has 16 heavy (non-hydrogen) atoms. The van der Waals surface area contributed by atoms with E-state index in [4.69, 9.17) is 5.73 Å². The zero-order valence-electron chi connectivity index (χ0n) is 8.85. The Morgan fingerprint density at radius 3 is 3.19 bits per heavy atom. The van der Waals surface area contributed by atoms with Gasteiger partial charge in [0, 0.05) is 29.9 Å². The van der Waals surface area contributed by atoms with E-state index < -0.39 is 0 Å². The van der Waals surface area contributed by atoms with Crippen LogP contribution >= 0.6 is 22.7 Å². The zero-order chi connectivity index (χ0) is 11.0. The first-order valence-electron chi connectivity index (χ1n) is 5.29. The molecular weight excluding hydrogens is 238 g/mol. The maximum Gasteiger partial charge on any atom is 0.180 e. The van der Waals surface area contributed by atoms with E-state index in [1.54, 1.807) is 4.88 Å². The normalized spacial score (nSPS) is 16.2. The average molecular weight is 251 g/mol. The molecule has 0 atom stereocenters. The fraction of sp³-hybridized carbons (Fsp3) is 0.364. The molecule has 5 heteroatoms. The molecule has 0 spiro atoms. The summed E-state index contributed by atoms with van der Waals surface area (Å²) in [5.74, 6) is 0. The van der Waals surface area contributed by atoms with Gasteiger partial charge in [0.1, 0.15) is 0 Å². The van der Waals surface area contributed by atoms with E-state index in [0.717, 1.165) is 25.3 Å². The quantitative estimate of drug-likeness (QED) is 0.891. The van der Waals surface area contributed by atoms with Crippen LogP contribution in [0.2, 0.25) is 0 Å². The lowest BCUT2D eigenvalue weighted by Gasteiger charge is -2.25. The number of nitrogen functional groups attached to an aromatic ring is 1. The molecule has 0 aliphatic carbocycles. The lowest BCUT2D eigenvalue weighted by Crippen LogP contribution is -2.29. The van der Waals surface area contributed by atoms with E-state index >= 15 is 0 Å². The average Bonchev–Trinajstić information content (AvgIpc) is 2.87. The van der Waals surface area contributed by atoms with E-state index in [2.05, 4.69) is 26.7 Å². The molecule has 0 amide bonds. The molecule has 3 nitrogen and oxygen atoms in total. The van der Waals surface area contributed by atoms with Crippen molar-refractivity contribution in [1.82, 2.24) is 9.88 Å². The third-order valence-corrected chi connectivity index (χ3v) is 4.59. The summed E-state index contributed by atoms with van der Waals surface area (Å²) in [5.41, 5.74) is 8.22. The van der Waals surface area contributed by atoms with Crippen molar-refractivity contribution in [3.8, 4) is 0 Å². The lowest BCUT2D eigenvalue weighted by atomic mass is 10.1. The summed E-state index contributed by atoms with van der Waals surface area (Å²) in [5, 5.41) is 4.91.